The van der Waals surface area contributed by atoms with Crippen LogP contribution in [-0.4, -0.2) is 59.0 Å². The van der Waals surface area contributed by atoms with Crippen molar-refractivity contribution in [1.29, 1.82) is 0 Å². The molecule has 3 atom stereocenters. The summed E-state index contributed by atoms with van der Waals surface area (Å²) in [5.74, 6) is 2.02. The van der Waals surface area contributed by atoms with E-state index in [-0.39, 0.29) is 17.9 Å². The Morgan fingerprint density at radius 1 is 1.12 bits per heavy atom. The largest absolute Gasteiger partial charge is 0.457 e. The summed E-state index contributed by atoms with van der Waals surface area (Å²) in [4.78, 5) is 22.9. The molecule has 0 aliphatic carbocycles. The lowest BCUT2D eigenvalue weighted by atomic mass is 9.93. The van der Waals surface area contributed by atoms with Crippen LogP contribution < -0.4 is 10.5 Å². The van der Waals surface area contributed by atoms with Crippen LogP contribution in [0.25, 0.3) is 0 Å². The number of benzene rings is 2. The number of ether oxygens (including phenoxy) is 1. The van der Waals surface area contributed by atoms with Gasteiger partial charge in [-0.15, -0.1) is 0 Å². The maximum atomic E-state index is 12.2. The number of nitrogens with two attached hydrogens (primary N) is 1. The molecule has 3 aliphatic heterocycles. The summed E-state index contributed by atoms with van der Waals surface area (Å²) in [6.45, 7) is 4.92. The Labute approximate surface area is 192 Å². The number of carbonyl (C=O) groups is 1. The van der Waals surface area contributed by atoms with Crippen LogP contribution in [0.1, 0.15) is 18.4 Å². The smallest absolute Gasteiger partial charge is 0.246 e. The Morgan fingerprint density at radius 3 is 2.64 bits per heavy atom. The van der Waals surface area contributed by atoms with Crippen molar-refractivity contribution in [1.82, 2.24) is 9.91 Å². The van der Waals surface area contributed by atoms with Gasteiger partial charge < -0.3 is 15.4 Å². The third-order valence-electron chi connectivity index (χ3n) is 6.15. The Kier molecular flexibility index (Phi) is 5.75. The minimum Gasteiger partial charge on any atom is -0.457 e. The van der Waals surface area contributed by atoms with Crippen molar-refractivity contribution in [3.05, 3.63) is 72.8 Å². The van der Waals surface area contributed by atoms with Crippen LogP contribution in [0.3, 0.4) is 0 Å². The Balaban J connectivity index is 1.41. The number of nitrogens with zero attached hydrogens (tertiary/aromatic N) is 5. The van der Waals surface area contributed by atoms with Crippen molar-refractivity contribution in [3.63, 3.8) is 0 Å². The lowest BCUT2D eigenvalue weighted by Crippen LogP contribution is -2.51. The number of amidine groups is 1. The molecule has 8 heteroatoms. The first-order chi connectivity index (χ1) is 16.1. The maximum Gasteiger partial charge on any atom is 0.246 e. The topological polar surface area (TPSA) is 95.9 Å². The van der Waals surface area contributed by atoms with Crippen LogP contribution in [-0.2, 0) is 4.79 Å². The number of rotatable bonds is 5. The van der Waals surface area contributed by atoms with Crippen LogP contribution in [0.15, 0.2) is 82.3 Å². The second-order valence-electron chi connectivity index (χ2n) is 8.27. The van der Waals surface area contributed by atoms with Crippen LogP contribution in [0.4, 0.5) is 0 Å². The highest BCUT2D eigenvalue weighted by molar-refractivity contribution is 6.19. The molecule has 0 saturated carbocycles. The van der Waals surface area contributed by atoms with Crippen LogP contribution in [0.5, 0.6) is 11.5 Å². The van der Waals surface area contributed by atoms with Gasteiger partial charge in [0.25, 0.3) is 0 Å². The lowest BCUT2D eigenvalue weighted by Gasteiger charge is -2.37. The van der Waals surface area contributed by atoms with Gasteiger partial charge >= 0.3 is 0 Å². The highest BCUT2D eigenvalue weighted by Gasteiger charge is 2.43. The van der Waals surface area contributed by atoms with Gasteiger partial charge in [-0.1, -0.05) is 24.8 Å². The fourth-order valence-electron chi connectivity index (χ4n) is 4.51. The second kappa shape index (κ2) is 8.99. The minimum absolute atomic E-state index is 0.0285. The van der Waals surface area contributed by atoms with E-state index in [1.54, 1.807) is 0 Å². The number of carbonyl (C=O) groups excluding carboxylic acids is 1. The van der Waals surface area contributed by atoms with E-state index in [1.165, 1.54) is 12.4 Å². The fourth-order valence-corrected chi connectivity index (χ4v) is 4.51. The molecule has 0 bridgehead atoms. The van der Waals surface area contributed by atoms with Gasteiger partial charge in [-0.3, -0.25) is 9.79 Å². The summed E-state index contributed by atoms with van der Waals surface area (Å²) in [6.07, 6.45) is 4.23. The molecule has 3 aliphatic rings. The van der Waals surface area contributed by atoms with E-state index in [0.717, 1.165) is 48.0 Å². The third kappa shape index (κ3) is 4.17. The van der Waals surface area contributed by atoms with Crippen molar-refractivity contribution in [2.24, 2.45) is 26.7 Å². The summed E-state index contributed by atoms with van der Waals surface area (Å²) in [7, 11) is 0. The van der Waals surface area contributed by atoms with E-state index < -0.39 is 6.17 Å². The first-order valence-corrected chi connectivity index (χ1v) is 11.1. The van der Waals surface area contributed by atoms with Gasteiger partial charge in [0.2, 0.25) is 5.91 Å². The van der Waals surface area contributed by atoms with Gasteiger partial charge in [0.1, 0.15) is 29.8 Å². The standard InChI is InChI=1S/C25H26N6O2/c1-2-21(32)30-14-6-7-18(15-30)31-25-22(24(26)27-16-28-25)23(29-31)17-10-12-20(13-11-17)33-19-8-4-3-5-9-19/h2-5,8-13,16,18,22,24H,1,6-7,14-15,26H2. The van der Waals surface area contributed by atoms with E-state index >= 15 is 0 Å². The molecule has 1 saturated heterocycles. The maximum absolute atomic E-state index is 12.2. The number of aliphatic imine (C=N–C) groups is 2. The Morgan fingerprint density at radius 2 is 1.88 bits per heavy atom. The summed E-state index contributed by atoms with van der Waals surface area (Å²) >= 11 is 0. The summed E-state index contributed by atoms with van der Waals surface area (Å²) < 4.78 is 5.92. The summed E-state index contributed by atoms with van der Waals surface area (Å²) in [5.41, 5.74) is 8.15. The number of likely N-dealkylation sites (tertiary alicyclic amines) is 1. The van der Waals surface area contributed by atoms with Crippen molar-refractivity contribution in [2.75, 3.05) is 13.1 Å². The molecule has 5 rings (SSSR count). The molecule has 3 unspecified atom stereocenters. The zero-order valence-corrected chi connectivity index (χ0v) is 18.2. The quantitative estimate of drug-likeness (QED) is 0.720. The normalized spacial score (nSPS) is 24.1. The minimum atomic E-state index is -0.462. The molecule has 8 nitrogen and oxygen atoms in total. The van der Waals surface area contributed by atoms with Crippen molar-refractivity contribution in [2.45, 2.75) is 25.0 Å². The SMILES string of the molecule is C=CC(=O)N1CCCC(N2N=C(c3ccc(Oc4ccccc4)cc3)C3C2=NC=NC3N)C1. The predicted molar refractivity (Wildman–Crippen MR) is 129 cm³/mol. The number of hydrazone groups is 1. The highest BCUT2D eigenvalue weighted by atomic mass is 16.5. The predicted octanol–water partition coefficient (Wildman–Crippen LogP) is 3.02. The molecule has 2 aromatic carbocycles. The summed E-state index contributed by atoms with van der Waals surface area (Å²) in [5, 5.41) is 6.91. The third-order valence-corrected chi connectivity index (χ3v) is 6.15. The number of hydrogen-bond acceptors (Lipinski definition) is 7. The number of fused-ring (bicyclic) bond motifs is 1. The number of piperidine rings is 1. The average Bonchev–Trinajstić information content (AvgIpc) is 3.26. The van der Waals surface area contributed by atoms with Crippen LogP contribution in [0, 0.1) is 5.92 Å². The van der Waals surface area contributed by atoms with E-state index in [9.17, 15) is 4.79 Å². The molecule has 0 spiro atoms. The van der Waals surface area contributed by atoms with Crippen molar-refractivity contribution in [3.8, 4) is 11.5 Å². The second-order valence-corrected chi connectivity index (χ2v) is 8.27. The van der Waals surface area contributed by atoms with E-state index in [1.807, 2.05) is 64.5 Å². The van der Waals surface area contributed by atoms with Crippen LogP contribution in [0.2, 0.25) is 0 Å². The van der Waals surface area contributed by atoms with Gasteiger partial charge in [-0.05, 0) is 60.9 Å². The highest BCUT2D eigenvalue weighted by Crippen LogP contribution is 2.31. The van der Waals surface area contributed by atoms with E-state index in [0.29, 0.717) is 6.54 Å². The van der Waals surface area contributed by atoms with Gasteiger partial charge in [0, 0.05) is 13.1 Å². The zero-order valence-electron chi connectivity index (χ0n) is 18.2. The zero-order chi connectivity index (χ0) is 22.8. The van der Waals surface area contributed by atoms with Crippen molar-refractivity contribution < 1.29 is 9.53 Å². The average molecular weight is 443 g/mol. The van der Waals surface area contributed by atoms with Gasteiger partial charge in [-0.2, -0.15) is 5.10 Å². The monoisotopic (exact) mass is 442 g/mol. The molecule has 0 aromatic heterocycles. The summed E-state index contributed by atoms with van der Waals surface area (Å²) in [6, 6.07) is 17.5. The van der Waals surface area contributed by atoms with Crippen molar-refractivity contribution >= 4 is 23.8 Å². The molecular weight excluding hydrogens is 416 g/mol. The van der Waals surface area contributed by atoms with Gasteiger partial charge in [0.05, 0.1) is 17.7 Å². The Hall–Kier alpha value is -3.78. The molecule has 2 N–H and O–H groups in total. The fraction of sp³-hybridized carbons (Fsp3) is 0.280. The molecular formula is C25H26N6O2. The van der Waals surface area contributed by atoms with E-state index in [4.69, 9.17) is 15.6 Å². The molecule has 0 radical (unpaired) electrons. The molecule has 168 valence electrons. The molecule has 3 heterocycles. The van der Waals surface area contributed by atoms with Gasteiger partial charge in [-0.25, -0.2) is 10.0 Å². The van der Waals surface area contributed by atoms with E-state index in [2.05, 4.69) is 16.6 Å². The number of amides is 1. The number of hydrogen-bond donors (Lipinski definition) is 1. The first-order valence-electron chi connectivity index (χ1n) is 11.1. The van der Waals surface area contributed by atoms with Gasteiger partial charge in [0.15, 0.2) is 0 Å². The first kappa shape index (κ1) is 21.1. The molecule has 2 aromatic rings. The number of para-hydroxylation sites is 1. The molecule has 1 fully saturated rings. The Bertz CT molecular complexity index is 1130. The molecule has 1 amide bonds. The van der Waals surface area contributed by atoms with Crippen LogP contribution >= 0.6 is 0 Å². The molecule has 33 heavy (non-hydrogen) atoms. The lowest BCUT2D eigenvalue weighted by molar-refractivity contribution is -0.127.